The Morgan fingerprint density at radius 1 is 1.31 bits per heavy atom. The lowest BCUT2D eigenvalue weighted by Gasteiger charge is -2.26. The van der Waals surface area contributed by atoms with Crippen molar-refractivity contribution >= 4 is 11.8 Å². The minimum absolute atomic E-state index is 0.334. The summed E-state index contributed by atoms with van der Waals surface area (Å²) in [5.74, 6) is 0.422. The zero-order chi connectivity index (χ0) is 11.4. The van der Waals surface area contributed by atoms with Crippen molar-refractivity contribution in [3.8, 4) is 5.75 Å². The summed E-state index contributed by atoms with van der Waals surface area (Å²) in [6, 6.07) is 6.99. The van der Waals surface area contributed by atoms with E-state index in [9.17, 15) is 4.79 Å². The van der Waals surface area contributed by atoms with Crippen LogP contribution >= 0.6 is 0 Å². The van der Waals surface area contributed by atoms with Gasteiger partial charge in [0.2, 0.25) is 0 Å². The molecule has 0 saturated carbocycles. The van der Waals surface area contributed by atoms with E-state index < -0.39 is 0 Å². The second kappa shape index (κ2) is 4.85. The summed E-state index contributed by atoms with van der Waals surface area (Å²) in [6.45, 7) is 2.95. The Kier molecular flexibility index (Phi) is 3.26. The van der Waals surface area contributed by atoms with E-state index in [0.29, 0.717) is 24.5 Å². The standard InChI is InChI=1S/C11H15N3O2/c12-9-3-1-2-4-10(9)16-11(15)14-7-5-13-6-8-14/h1-4,13H,5-8,12H2. The first kappa shape index (κ1) is 10.8. The van der Waals surface area contributed by atoms with Gasteiger partial charge in [-0.15, -0.1) is 0 Å². The van der Waals surface area contributed by atoms with Crippen molar-refractivity contribution < 1.29 is 9.53 Å². The van der Waals surface area contributed by atoms with Crippen molar-refractivity contribution in [3.63, 3.8) is 0 Å². The smallest absolute Gasteiger partial charge is 0.408 e. The van der Waals surface area contributed by atoms with Crippen LogP contribution in [0.1, 0.15) is 0 Å². The first-order chi connectivity index (χ1) is 7.77. The summed E-state index contributed by atoms with van der Waals surface area (Å²) < 4.78 is 5.22. The van der Waals surface area contributed by atoms with E-state index in [4.69, 9.17) is 10.5 Å². The van der Waals surface area contributed by atoms with Gasteiger partial charge in [-0.1, -0.05) is 12.1 Å². The van der Waals surface area contributed by atoms with Gasteiger partial charge in [-0.2, -0.15) is 0 Å². The molecule has 0 atom stereocenters. The molecule has 1 fully saturated rings. The van der Waals surface area contributed by atoms with Gasteiger partial charge in [-0.05, 0) is 12.1 Å². The molecule has 0 aliphatic carbocycles. The molecule has 16 heavy (non-hydrogen) atoms. The number of ether oxygens (including phenoxy) is 1. The Bertz CT molecular complexity index is 375. The van der Waals surface area contributed by atoms with Gasteiger partial charge < -0.3 is 20.7 Å². The Morgan fingerprint density at radius 3 is 2.69 bits per heavy atom. The van der Waals surface area contributed by atoms with Crippen LogP contribution in [0.2, 0.25) is 0 Å². The van der Waals surface area contributed by atoms with Crippen LogP contribution in [-0.4, -0.2) is 37.2 Å². The molecule has 1 aromatic rings. The Balaban J connectivity index is 1.99. The van der Waals surface area contributed by atoms with Gasteiger partial charge in [0.1, 0.15) is 0 Å². The average Bonchev–Trinajstić information content (AvgIpc) is 2.33. The molecular formula is C11H15N3O2. The van der Waals surface area contributed by atoms with Crippen molar-refractivity contribution in [1.82, 2.24) is 10.2 Å². The number of anilines is 1. The van der Waals surface area contributed by atoms with Gasteiger partial charge in [-0.25, -0.2) is 4.79 Å². The molecule has 0 unspecified atom stereocenters. The van der Waals surface area contributed by atoms with Crippen LogP contribution < -0.4 is 15.8 Å². The molecule has 1 aliphatic heterocycles. The number of nitrogens with one attached hydrogen (secondary N) is 1. The van der Waals surface area contributed by atoms with Crippen LogP contribution in [0.4, 0.5) is 10.5 Å². The highest BCUT2D eigenvalue weighted by atomic mass is 16.6. The number of hydrogen-bond donors (Lipinski definition) is 2. The van der Waals surface area contributed by atoms with Gasteiger partial charge >= 0.3 is 6.09 Å². The molecule has 0 radical (unpaired) electrons. The summed E-state index contributed by atoms with van der Waals surface area (Å²) in [4.78, 5) is 13.4. The molecule has 86 valence electrons. The number of benzene rings is 1. The summed E-state index contributed by atoms with van der Waals surface area (Å²) in [5, 5.41) is 3.17. The van der Waals surface area contributed by atoms with Crippen molar-refractivity contribution in [2.75, 3.05) is 31.9 Å². The van der Waals surface area contributed by atoms with Gasteiger partial charge in [0, 0.05) is 26.2 Å². The van der Waals surface area contributed by atoms with Crippen molar-refractivity contribution in [3.05, 3.63) is 24.3 Å². The van der Waals surface area contributed by atoms with Crippen LogP contribution in [0.3, 0.4) is 0 Å². The monoisotopic (exact) mass is 221 g/mol. The van der Waals surface area contributed by atoms with E-state index in [0.717, 1.165) is 13.1 Å². The fraction of sp³-hybridized carbons (Fsp3) is 0.364. The quantitative estimate of drug-likeness (QED) is 0.684. The molecule has 2 rings (SSSR count). The van der Waals surface area contributed by atoms with Crippen LogP contribution in [0.5, 0.6) is 5.75 Å². The van der Waals surface area contributed by atoms with Gasteiger partial charge in [0.15, 0.2) is 5.75 Å². The lowest BCUT2D eigenvalue weighted by Crippen LogP contribution is -2.47. The molecule has 5 heteroatoms. The lowest BCUT2D eigenvalue weighted by atomic mass is 10.3. The highest BCUT2D eigenvalue weighted by Crippen LogP contribution is 2.20. The third kappa shape index (κ3) is 2.43. The number of piperazine rings is 1. The molecule has 1 heterocycles. The minimum Gasteiger partial charge on any atom is -0.408 e. The first-order valence-corrected chi connectivity index (χ1v) is 5.29. The predicted molar refractivity (Wildman–Crippen MR) is 61.3 cm³/mol. The van der Waals surface area contributed by atoms with Crippen molar-refractivity contribution in [2.45, 2.75) is 0 Å². The number of para-hydroxylation sites is 2. The zero-order valence-corrected chi connectivity index (χ0v) is 8.98. The van der Waals surface area contributed by atoms with Crippen LogP contribution in [-0.2, 0) is 0 Å². The molecule has 3 N–H and O–H groups in total. The topological polar surface area (TPSA) is 67.6 Å². The second-order valence-electron chi connectivity index (χ2n) is 3.64. The molecule has 0 aromatic heterocycles. The van der Waals surface area contributed by atoms with Gasteiger partial charge in [-0.3, -0.25) is 0 Å². The third-order valence-electron chi connectivity index (χ3n) is 2.49. The number of nitrogens with zero attached hydrogens (tertiary/aromatic N) is 1. The van der Waals surface area contributed by atoms with E-state index in [1.54, 1.807) is 29.2 Å². The Hall–Kier alpha value is -1.75. The Morgan fingerprint density at radius 2 is 2.00 bits per heavy atom. The molecule has 1 saturated heterocycles. The summed E-state index contributed by atoms with van der Waals surface area (Å²) in [6.07, 6.45) is -0.334. The molecule has 0 spiro atoms. The number of rotatable bonds is 1. The fourth-order valence-corrected chi connectivity index (χ4v) is 1.58. The van der Waals surface area contributed by atoms with Crippen LogP contribution in [0.25, 0.3) is 0 Å². The lowest BCUT2D eigenvalue weighted by molar-refractivity contribution is 0.146. The van der Waals surface area contributed by atoms with Crippen LogP contribution in [0, 0.1) is 0 Å². The van der Waals surface area contributed by atoms with Gasteiger partial charge in [0.25, 0.3) is 0 Å². The van der Waals surface area contributed by atoms with Crippen molar-refractivity contribution in [1.29, 1.82) is 0 Å². The highest BCUT2D eigenvalue weighted by molar-refractivity contribution is 5.73. The molecule has 0 bridgehead atoms. The number of hydrogen-bond acceptors (Lipinski definition) is 4. The molecule has 1 aliphatic rings. The molecule has 5 nitrogen and oxygen atoms in total. The zero-order valence-electron chi connectivity index (χ0n) is 8.98. The van der Waals surface area contributed by atoms with E-state index in [-0.39, 0.29) is 6.09 Å². The van der Waals surface area contributed by atoms with Crippen molar-refractivity contribution in [2.24, 2.45) is 0 Å². The minimum atomic E-state index is -0.334. The largest absolute Gasteiger partial charge is 0.415 e. The number of nitrogens with two attached hydrogens (primary N) is 1. The molecular weight excluding hydrogens is 206 g/mol. The van der Waals surface area contributed by atoms with E-state index >= 15 is 0 Å². The summed E-state index contributed by atoms with van der Waals surface area (Å²) >= 11 is 0. The SMILES string of the molecule is Nc1ccccc1OC(=O)N1CCNCC1. The normalized spacial score (nSPS) is 15.9. The maximum Gasteiger partial charge on any atom is 0.415 e. The average molecular weight is 221 g/mol. The number of carbonyl (C=O) groups excluding carboxylic acids is 1. The van der Waals surface area contributed by atoms with E-state index in [1.807, 2.05) is 0 Å². The maximum absolute atomic E-state index is 11.7. The number of carbonyl (C=O) groups is 1. The van der Waals surface area contributed by atoms with Gasteiger partial charge in [0.05, 0.1) is 5.69 Å². The van der Waals surface area contributed by atoms with Crippen LogP contribution in [0.15, 0.2) is 24.3 Å². The van der Waals surface area contributed by atoms with E-state index in [2.05, 4.69) is 5.32 Å². The molecule has 1 amide bonds. The summed E-state index contributed by atoms with van der Waals surface area (Å²) in [7, 11) is 0. The first-order valence-electron chi connectivity index (χ1n) is 5.29. The molecule has 1 aromatic carbocycles. The maximum atomic E-state index is 11.7. The number of nitrogen functional groups attached to an aromatic ring is 1. The second-order valence-corrected chi connectivity index (χ2v) is 3.64. The Labute approximate surface area is 94.2 Å². The predicted octanol–water partition coefficient (Wildman–Crippen LogP) is 0.673. The highest BCUT2D eigenvalue weighted by Gasteiger charge is 2.18. The fourth-order valence-electron chi connectivity index (χ4n) is 1.58. The third-order valence-corrected chi connectivity index (χ3v) is 2.49. The van der Waals surface area contributed by atoms with E-state index in [1.165, 1.54) is 0 Å². The summed E-state index contributed by atoms with van der Waals surface area (Å²) in [5.41, 5.74) is 6.17. The number of amides is 1.